The highest BCUT2D eigenvalue weighted by Gasteiger charge is 2.31. The predicted molar refractivity (Wildman–Crippen MR) is 83.8 cm³/mol. The molecular formula is C16H25N5O. The first-order valence-electron chi connectivity index (χ1n) is 7.99. The molecule has 0 aromatic carbocycles. The first-order valence-corrected chi connectivity index (χ1v) is 7.99. The highest BCUT2D eigenvalue weighted by molar-refractivity contribution is 5.23. The van der Waals surface area contributed by atoms with Gasteiger partial charge in [0.25, 0.3) is 0 Å². The maximum absolute atomic E-state index is 5.78. The number of hydrogen-bond acceptors (Lipinski definition) is 4. The molecule has 1 saturated heterocycles. The van der Waals surface area contributed by atoms with E-state index in [1.54, 1.807) is 0 Å². The van der Waals surface area contributed by atoms with Gasteiger partial charge in [-0.1, -0.05) is 5.21 Å². The lowest BCUT2D eigenvalue weighted by Crippen LogP contribution is -2.33. The zero-order valence-electron chi connectivity index (χ0n) is 13.9. The van der Waals surface area contributed by atoms with E-state index in [-0.39, 0.29) is 5.60 Å². The van der Waals surface area contributed by atoms with Gasteiger partial charge in [0.15, 0.2) is 0 Å². The maximum atomic E-state index is 5.78. The summed E-state index contributed by atoms with van der Waals surface area (Å²) in [6.07, 6.45) is 5.06. The van der Waals surface area contributed by atoms with Crippen molar-refractivity contribution in [2.75, 3.05) is 6.61 Å². The summed E-state index contributed by atoms with van der Waals surface area (Å²) in [5, 5.41) is 15.9. The number of nitrogens with one attached hydrogen (secondary N) is 1. The third-order valence-corrected chi connectivity index (χ3v) is 4.54. The molecule has 1 aliphatic heterocycles. The van der Waals surface area contributed by atoms with Gasteiger partial charge in [-0.05, 0) is 52.5 Å². The van der Waals surface area contributed by atoms with Crippen LogP contribution in [0.4, 0.5) is 0 Å². The molecule has 0 aliphatic carbocycles. The van der Waals surface area contributed by atoms with Crippen molar-refractivity contribution in [1.29, 1.82) is 0 Å². The SMILES string of the molecule is Cc1n[nH]c(C)c1CCn1cc(C2CCOC(C)(C)C2)nn1. The average Bonchev–Trinajstić information content (AvgIpc) is 3.04. The number of nitrogens with zero attached hydrogens (tertiary/aromatic N) is 4. The van der Waals surface area contributed by atoms with Gasteiger partial charge in [0, 0.05) is 31.0 Å². The van der Waals surface area contributed by atoms with E-state index in [9.17, 15) is 0 Å². The van der Waals surface area contributed by atoms with Crippen LogP contribution < -0.4 is 0 Å². The Hall–Kier alpha value is -1.69. The van der Waals surface area contributed by atoms with Crippen molar-refractivity contribution in [2.24, 2.45) is 0 Å². The number of aromatic nitrogens is 5. The molecule has 120 valence electrons. The number of hydrogen-bond donors (Lipinski definition) is 1. The Morgan fingerprint density at radius 2 is 2.23 bits per heavy atom. The second kappa shape index (κ2) is 5.83. The van der Waals surface area contributed by atoms with Gasteiger partial charge in [0.05, 0.1) is 17.0 Å². The highest BCUT2D eigenvalue weighted by Crippen LogP contribution is 2.34. The fraction of sp³-hybridized carbons (Fsp3) is 0.688. The minimum atomic E-state index is -0.0578. The average molecular weight is 303 g/mol. The fourth-order valence-electron chi connectivity index (χ4n) is 3.26. The van der Waals surface area contributed by atoms with E-state index in [1.165, 1.54) is 5.56 Å². The summed E-state index contributed by atoms with van der Waals surface area (Å²) in [6, 6.07) is 0. The number of H-pyrrole nitrogens is 1. The van der Waals surface area contributed by atoms with Gasteiger partial charge in [-0.3, -0.25) is 9.78 Å². The Balaban J connectivity index is 1.64. The molecule has 1 fully saturated rings. The second-order valence-electron chi connectivity index (χ2n) is 6.87. The van der Waals surface area contributed by atoms with Crippen LogP contribution in [0, 0.1) is 13.8 Å². The van der Waals surface area contributed by atoms with E-state index in [0.717, 1.165) is 49.5 Å². The van der Waals surface area contributed by atoms with Crippen LogP contribution in [0.1, 0.15) is 55.3 Å². The van der Waals surface area contributed by atoms with Gasteiger partial charge < -0.3 is 4.74 Å². The summed E-state index contributed by atoms with van der Waals surface area (Å²) < 4.78 is 7.73. The van der Waals surface area contributed by atoms with E-state index in [4.69, 9.17) is 4.74 Å². The zero-order chi connectivity index (χ0) is 15.7. The number of rotatable bonds is 4. The molecule has 0 saturated carbocycles. The number of ether oxygens (including phenoxy) is 1. The van der Waals surface area contributed by atoms with Gasteiger partial charge in [-0.15, -0.1) is 5.10 Å². The molecule has 0 radical (unpaired) electrons. The molecule has 6 nitrogen and oxygen atoms in total. The summed E-state index contributed by atoms with van der Waals surface area (Å²) in [6.45, 7) is 10.0. The minimum absolute atomic E-state index is 0.0578. The monoisotopic (exact) mass is 303 g/mol. The first-order chi connectivity index (χ1) is 10.4. The normalized spacial score (nSPS) is 21.2. The molecule has 3 heterocycles. The van der Waals surface area contributed by atoms with Gasteiger partial charge in [-0.2, -0.15) is 5.10 Å². The zero-order valence-corrected chi connectivity index (χ0v) is 13.9. The molecular weight excluding hydrogens is 278 g/mol. The summed E-state index contributed by atoms with van der Waals surface area (Å²) in [7, 11) is 0. The Morgan fingerprint density at radius 3 is 2.91 bits per heavy atom. The van der Waals surface area contributed by atoms with Crippen LogP contribution in [-0.2, 0) is 17.7 Å². The van der Waals surface area contributed by atoms with Gasteiger partial charge in [0.2, 0.25) is 0 Å². The molecule has 0 spiro atoms. The largest absolute Gasteiger partial charge is 0.376 e. The highest BCUT2D eigenvalue weighted by atomic mass is 16.5. The van der Waals surface area contributed by atoms with Crippen molar-refractivity contribution >= 4 is 0 Å². The van der Waals surface area contributed by atoms with Crippen LogP contribution in [0.5, 0.6) is 0 Å². The van der Waals surface area contributed by atoms with Crippen LogP contribution in [-0.4, -0.2) is 37.4 Å². The fourth-order valence-corrected chi connectivity index (χ4v) is 3.26. The van der Waals surface area contributed by atoms with Crippen molar-refractivity contribution in [3.63, 3.8) is 0 Å². The van der Waals surface area contributed by atoms with Gasteiger partial charge in [0.1, 0.15) is 0 Å². The molecule has 1 unspecified atom stereocenters. The molecule has 2 aromatic rings. The van der Waals surface area contributed by atoms with Crippen molar-refractivity contribution in [2.45, 2.75) is 65.0 Å². The van der Waals surface area contributed by atoms with Crippen molar-refractivity contribution in [1.82, 2.24) is 25.2 Å². The topological polar surface area (TPSA) is 68.6 Å². The van der Waals surface area contributed by atoms with Crippen molar-refractivity contribution in [3.05, 3.63) is 28.8 Å². The van der Waals surface area contributed by atoms with E-state index in [0.29, 0.717) is 5.92 Å². The number of aromatic amines is 1. The third-order valence-electron chi connectivity index (χ3n) is 4.54. The molecule has 3 rings (SSSR count). The smallest absolute Gasteiger partial charge is 0.0859 e. The Morgan fingerprint density at radius 1 is 1.41 bits per heavy atom. The van der Waals surface area contributed by atoms with Crippen LogP contribution in [0.15, 0.2) is 6.20 Å². The summed E-state index contributed by atoms with van der Waals surface area (Å²) >= 11 is 0. The van der Waals surface area contributed by atoms with Crippen molar-refractivity contribution < 1.29 is 4.74 Å². The van der Waals surface area contributed by atoms with Gasteiger partial charge in [-0.25, -0.2) is 0 Å². The van der Waals surface area contributed by atoms with Gasteiger partial charge >= 0.3 is 0 Å². The molecule has 1 aliphatic rings. The van der Waals surface area contributed by atoms with E-state index < -0.39 is 0 Å². The summed E-state index contributed by atoms with van der Waals surface area (Å²) in [5.41, 5.74) is 4.53. The van der Waals surface area contributed by atoms with Crippen molar-refractivity contribution in [3.8, 4) is 0 Å². The summed E-state index contributed by atoms with van der Waals surface area (Å²) in [4.78, 5) is 0. The Bertz CT molecular complexity index is 623. The molecule has 1 N–H and O–H groups in total. The van der Waals surface area contributed by atoms with Crippen LogP contribution in [0.2, 0.25) is 0 Å². The third kappa shape index (κ3) is 3.21. The predicted octanol–water partition coefficient (Wildman–Crippen LogP) is 2.53. The number of aryl methyl sites for hydroxylation is 3. The van der Waals surface area contributed by atoms with E-state index in [1.807, 2.05) is 11.6 Å². The summed E-state index contributed by atoms with van der Waals surface area (Å²) in [5.74, 6) is 0.454. The van der Waals surface area contributed by atoms with Crippen LogP contribution in [0.3, 0.4) is 0 Å². The van der Waals surface area contributed by atoms with E-state index in [2.05, 4.69) is 47.5 Å². The standard InChI is InChI=1S/C16H25N5O/c1-11-14(12(2)18-17-11)5-7-21-10-15(19-20-21)13-6-8-22-16(3,4)9-13/h10,13H,5-9H2,1-4H3,(H,17,18). The first kappa shape index (κ1) is 15.2. The molecule has 22 heavy (non-hydrogen) atoms. The molecule has 1 atom stereocenters. The Kier molecular flexibility index (Phi) is 4.04. The van der Waals surface area contributed by atoms with E-state index >= 15 is 0 Å². The molecule has 0 bridgehead atoms. The Labute approximate surface area is 131 Å². The second-order valence-corrected chi connectivity index (χ2v) is 6.87. The molecule has 2 aromatic heterocycles. The quantitative estimate of drug-likeness (QED) is 0.942. The maximum Gasteiger partial charge on any atom is 0.0859 e. The molecule has 0 amide bonds. The van der Waals surface area contributed by atoms with Crippen LogP contribution in [0.25, 0.3) is 0 Å². The minimum Gasteiger partial charge on any atom is -0.376 e. The lowest BCUT2D eigenvalue weighted by atomic mass is 9.86. The lowest BCUT2D eigenvalue weighted by Gasteiger charge is -2.34. The lowest BCUT2D eigenvalue weighted by molar-refractivity contribution is -0.0597. The molecule has 6 heteroatoms. The van der Waals surface area contributed by atoms with Crippen LogP contribution >= 0.6 is 0 Å².